The minimum absolute atomic E-state index is 0.745. The van der Waals surface area contributed by atoms with E-state index in [0.717, 1.165) is 12.0 Å². The highest BCUT2D eigenvalue weighted by atomic mass is 15.1. The van der Waals surface area contributed by atoms with Crippen LogP contribution in [-0.2, 0) is 0 Å². The maximum atomic E-state index is 3.41. The Kier molecular flexibility index (Phi) is 4.74. The number of hydrogen-bond acceptors (Lipinski definition) is 2. The second-order valence-electron chi connectivity index (χ2n) is 4.39. The summed E-state index contributed by atoms with van der Waals surface area (Å²) in [6.07, 6.45) is 3.99. The predicted molar refractivity (Wildman–Crippen MR) is 58.0 cm³/mol. The molecular weight excluding hydrogens is 160 g/mol. The van der Waals surface area contributed by atoms with Gasteiger partial charge in [0.05, 0.1) is 0 Å². The molecule has 1 unspecified atom stereocenters. The summed E-state index contributed by atoms with van der Waals surface area (Å²) in [6.45, 7) is 8.32. The second kappa shape index (κ2) is 5.61. The van der Waals surface area contributed by atoms with Crippen molar-refractivity contribution >= 4 is 0 Å². The fourth-order valence-corrected chi connectivity index (χ4v) is 1.96. The highest BCUT2D eigenvalue weighted by Gasteiger charge is 2.16. The van der Waals surface area contributed by atoms with Crippen molar-refractivity contribution in [1.29, 1.82) is 0 Å². The summed E-state index contributed by atoms with van der Waals surface area (Å²) in [5.74, 6) is 0.931. The van der Waals surface area contributed by atoms with E-state index in [4.69, 9.17) is 0 Å². The van der Waals surface area contributed by atoms with E-state index in [1.165, 1.54) is 38.9 Å². The van der Waals surface area contributed by atoms with E-state index in [2.05, 4.69) is 31.1 Å². The monoisotopic (exact) mass is 184 g/mol. The first-order valence-electron chi connectivity index (χ1n) is 5.65. The van der Waals surface area contributed by atoms with Crippen LogP contribution in [0.3, 0.4) is 0 Å². The summed E-state index contributed by atoms with van der Waals surface area (Å²) >= 11 is 0. The van der Waals surface area contributed by atoms with Gasteiger partial charge < -0.3 is 10.2 Å². The summed E-state index contributed by atoms with van der Waals surface area (Å²) in [6, 6.07) is 0.745. The van der Waals surface area contributed by atoms with Gasteiger partial charge in [-0.3, -0.25) is 0 Å². The van der Waals surface area contributed by atoms with Crippen LogP contribution in [0.15, 0.2) is 0 Å². The van der Waals surface area contributed by atoms with E-state index in [9.17, 15) is 0 Å². The minimum Gasteiger partial charge on any atom is -0.317 e. The number of nitrogens with one attached hydrogen (secondary N) is 1. The first-order valence-corrected chi connectivity index (χ1v) is 5.65. The summed E-state index contributed by atoms with van der Waals surface area (Å²) in [4.78, 5) is 2.51. The van der Waals surface area contributed by atoms with Gasteiger partial charge in [0.15, 0.2) is 0 Å². The Hall–Kier alpha value is -0.0800. The summed E-state index contributed by atoms with van der Waals surface area (Å²) in [5, 5.41) is 3.41. The first-order chi connectivity index (χ1) is 6.24. The van der Waals surface area contributed by atoms with E-state index >= 15 is 0 Å². The molecule has 0 aliphatic carbocycles. The maximum absolute atomic E-state index is 3.41. The zero-order chi connectivity index (χ0) is 9.68. The lowest BCUT2D eigenvalue weighted by Crippen LogP contribution is -2.37. The van der Waals surface area contributed by atoms with Crippen molar-refractivity contribution in [2.24, 2.45) is 5.92 Å². The molecule has 0 amide bonds. The van der Waals surface area contributed by atoms with Crippen LogP contribution in [0.4, 0.5) is 0 Å². The van der Waals surface area contributed by atoms with Crippen LogP contribution in [0.5, 0.6) is 0 Å². The molecule has 0 radical (unpaired) electrons. The average Bonchev–Trinajstić information content (AvgIpc) is 2.18. The molecule has 1 heterocycles. The van der Waals surface area contributed by atoms with Crippen LogP contribution in [-0.4, -0.2) is 37.6 Å². The second-order valence-corrected chi connectivity index (χ2v) is 4.39. The van der Waals surface area contributed by atoms with E-state index in [1.807, 2.05) is 0 Å². The van der Waals surface area contributed by atoms with Crippen LogP contribution in [0.25, 0.3) is 0 Å². The lowest BCUT2D eigenvalue weighted by atomic mass is 9.97. The summed E-state index contributed by atoms with van der Waals surface area (Å²) in [5.41, 5.74) is 0. The number of nitrogens with zero attached hydrogens (tertiary/aromatic N) is 1. The largest absolute Gasteiger partial charge is 0.317 e. The number of hydrogen-bond donors (Lipinski definition) is 1. The molecule has 2 nitrogen and oxygen atoms in total. The molecule has 0 aromatic heterocycles. The normalized spacial score (nSPS) is 22.2. The number of rotatable bonds is 4. The van der Waals surface area contributed by atoms with E-state index in [-0.39, 0.29) is 0 Å². The first kappa shape index (κ1) is 11.0. The van der Waals surface area contributed by atoms with Crippen LogP contribution in [0.2, 0.25) is 0 Å². The molecule has 0 aromatic carbocycles. The Morgan fingerprint density at radius 3 is 2.54 bits per heavy atom. The third kappa shape index (κ3) is 3.65. The fraction of sp³-hybridized carbons (Fsp3) is 1.00. The molecule has 1 fully saturated rings. The molecule has 1 atom stereocenters. The van der Waals surface area contributed by atoms with Gasteiger partial charge in [0.1, 0.15) is 0 Å². The molecule has 0 aromatic rings. The van der Waals surface area contributed by atoms with Gasteiger partial charge in [0.25, 0.3) is 0 Å². The van der Waals surface area contributed by atoms with Crippen molar-refractivity contribution in [3.8, 4) is 0 Å². The van der Waals surface area contributed by atoms with Crippen molar-refractivity contribution in [2.75, 3.05) is 26.7 Å². The van der Waals surface area contributed by atoms with Gasteiger partial charge in [-0.15, -0.1) is 0 Å². The van der Waals surface area contributed by atoms with Gasteiger partial charge in [-0.25, -0.2) is 0 Å². The van der Waals surface area contributed by atoms with Gasteiger partial charge in [0.2, 0.25) is 0 Å². The zero-order valence-electron chi connectivity index (χ0n) is 9.34. The molecule has 1 aliphatic rings. The van der Waals surface area contributed by atoms with Crippen molar-refractivity contribution in [2.45, 2.75) is 39.2 Å². The quantitative estimate of drug-likeness (QED) is 0.715. The molecule has 78 valence electrons. The standard InChI is InChI=1S/C11H24N2/c1-4-10(2)13(3)9-11-5-7-12-8-6-11/h10-12H,4-9H2,1-3H3. The SMILES string of the molecule is CCC(C)N(C)CC1CCNCC1. The van der Waals surface area contributed by atoms with Gasteiger partial charge >= 0.3 is 0 Å². The van der Waals surface area contributed by atoms with Crippen molar-refractivity contribution in [3.63, 3.8) is 0 Å². The van der Waals surface area contributed by atoms with E-state index in [0.29, 0.717) is 0 Å². The predicted octanol–water partition coefficient (Wildman–Crippen LogP) is 1.72. The lowest BCUT2D eigenvalue weighted by molar-refractivity contribution is 0.192. The zero-order valence-corrected chi connectivity index (χ0v) is 9.34. The molecule has 0 saturated carbocycles. The average molecular weight is 184 g/mol. The smallest absolute Gasteiger partial charge is 0.00613 e. The van der Waals surface area contributed by atoms with Crippen LogP contribution < -0.4 is 5.32 Å². The van der Waals surface area contributed by atoms with Gasteiger partial charge in [-0.1, -0.05) is 6.92 Å². The molecular formula is C11H24N2. The summed E-state index contributed by atoms with van der Waals surface area (Å²) in [7, 11) is 2.26. The van der Waals surface area contributed by atoms with Gasteiger partial charge in [-0.2, -0.15) is 0 Å². The summed E-state index contributed by atoms with van der Waals surface area (Å²) < 4.78 is 0. The molecule has 0 bridgehead atoms. The third-order valence-electron chi connectivity index (χ3n) is 3.35. The Morgan fingerprint density at radius 2 is 2.00 bits per heavy atom. The topological polar surface area (TPSA) is 15.3 Å². The molecule has 1 N–H and O–H groups in total. The Bertz CT molecular complexity index is 130. The highest BCUT2D eigenvalue weighted by molar-refractivity contribution is 4.73. The Balaban J connectivity index is 2.21. The van der Waals surface area contributed by atoms with Gasteiger partial charge in [-0.05, 0) is 52.2 Å². The lowest BCUT2D eigenvalue weighted by Gasteiger charge is -2.30. The Morgan fingerprint density at radius 1 is 1.38 bits per heavy atom. The molecule has 1 aliphatic heterocycles. The minimum atomic E-state index is 0.745. The van der Waals surface area contributed by atoms with Crippen LogP contribution >= 0.6 is 0 Å². The number of piperidine rings is 1. The van der Waals surface area contributed by atoms with Crippen molar-refractivity contribution < 1.29 is 0 Å². The molecule has 1 rings (SSSR count). The van der Waals surface area contributed by atoms with Crippen LogP contribution in [0, 0.1) is 5.92 Å². The van der Waals surface area contributed by atoms with Crippen molar-refractivity contribution in [1.82, 2.24) is 10.2 Å². The van der Waals surface area contributed by atoms with E-state index < -0.39 is 0 Å². The van der Waals surface area contributed by atoms with Crippen molar-refractivity contribution in [3.05, 3.63) is 0 Å². The fourth-order valence-electron chi connectivity index (χ4n) is 1.96. The van der Waals surface area contributed by atoms with Gasteiger partial charge in [0, 0.05) is 12.6 Å². The Labute approximate surface area is 82.7 Å². The third-order valence-corrected chi connectivity index (χ3v) is 3.35. The molecule has 13 heavy (non-hydrogen) atoms. The van der Waals surface area contributed by atoms with E-state index in [1.54, 1.807) is 0 Å². The maximum Gasteiger partial charge on any atom is 0.00613 e. The highest BCUT2D eigenvalue weighted by Crippen LogP contribution is 2.14. The van der Waals surface area contributed by atoms with Crippen LogP contribution in [0.1, 0.15) is 33.1 Å². The molecule has 0 spiro atoms. The molecule has 1 saturated heterocycles. The molecule has 2 heteroatoms.